The fourth-order valence-corrected chi connectivity index (χ4v) is 2.83. The molecule has 0 N–H and O–H groups in total. The summed E-state index contributed by atoms with van der Waals surface area (Å²) in [4.78, 5) is 10.5. The van der Waals surface area contributed by atoms with E-state index in [9.17, 15) is 9.90 Å². The van der Waals surface area contributed by atoms with Crippen molar-refractivity contribution in [1.82, 2.24) is 0 Å². The van der Waals surface area contributed by atoms with E-state index in [1.807, 2.05) is 0 Å². The summed E-state index contributed by atoms with van der Waals surface area (Å²) in [5, 5.41) is 10.5. The average Bonchev–Trinajstić information content (AvgIpc) is 2.08. The van der Waals surface area contributed by atoms with Gasteiger partial charge < -0.3 is 18.8 Å². The van der Waals surface area contributed by atoms with Gasteiger partial charge in [-0.3, -0.25) is 0 Å². The molecule has 0 aromatic heterocycles. The SMILES string of the molecule is C=C[Si](OC)(OC)C(C)C(=O)[O-]. The van der Waals surface area contributed by atoms with Crippen molar-refractivity contribution in [2.24, 2.45) is 0 Å². The highest BCUT2D eigenvalue weighted by molar-refractivity contribution is 6.76. The third kappa shape index (κ3) is 1.93. The summed E-state index contributed by atoms with van der Waals surface area (Å²) in [6.07, 6.45) is 0. The summed E-state index contributed by atoms with van der Waals surface area (Å²) in [5.41, 5.74) is 0.679. The maximum Gasteiger partial charge on any atom is 0.372 e. The summed E-state index contributed by atoms with van der Waals surface area (Å²) in [7, 11) is 0.0450. The van der Waals surface area contributed by atoms with Crippen LogP contribution in [0.4, 0.5) is 0 Å². The third-order valence-electron chi connectivity index (χ3n) is 1.88. The lowest BCUT2D eigenvalue weighted by Gasteiger charge is -2.30. The first-order valence-corrected chi connectivity index (χ1v) is 5.46. The predicted molar refractivity (Wildman–Crippen MR) is 44.4 cm³/mol. The van der Waals surface area contributed by atoms with E-state index in [0.29, 0.717) is 0 Å². The third-order valence-corrected chi connectivity index (χ3v) is 5.17. The molecule has 0 aromatic rings. The van der Waals surface area contributed by atoms with Crippen molar-refractivity contribution in [1.29, 1.82) is 0 Å². The Kier molecular flexibility index (Phi) is 4.15. The first-order chi connectivity index (χ1) is 5.54. The van der Waals surface area contributed by atoms with E-state index >= 15 is 0 Å². The van der Waals surface area contributed by atoms with Gasteiger partial charge >= 0.3 is 8.56 Å². The van der Waals surface area contributed by atoms with Gasteiger partial charge in [-0.15, -0.1) is 6.58 Å². The van der Waals surface area contributed by atoms with Crippen LogP contribution in [0.5, 0.6) is 0 Å². The number of rotatable bonds is 5. The molecule has 12 heavy (non-hydrogen) atoms. The average molecular weight is 189 g/mol. The Morgan fingerprint density at radius 1 is 1.58 bits per heavy atom. The maximum absolute atomic E-state index is 10.5. The van der Waals surface area contributed by atoms with E-state index in [0.717, 1.165) is 0 Å². The quantitative estimate of drug-likeness (QED) is 0.551. The number of aliphatic carboxylic acids is 1. The first kappa shape index (κ1) is 11.3. The van der Waals surface area contributed by atoms with E-state index in [1.54, 1.807) is 0 Å². The molecule has 0 aliphatic rings. The molecule has 0 rings (SSSR count). The molecule has 1 atom stereocenters. The Bertz CT molecular complexity index is 176. The van der Waals surface area contributed by atoms with E-state index in [1.165, 1.54) is 26.8 Å². The molecule has 0 spiro atoms. The van der Waals surface area contributed by atoms with Crippen LogP contribution < -0.4 is 5.11 Å². The van der Waals surface area contributed by atoms with Crippen LogP contribution in [0.3, 0.4) is 0 Å². The van der Waals surface area contributed by atoms with Crippen LogP contribution in [-0.4, -0.2) is 28.7 Å². The van der Waals surface area contributed by atoms with E-state index in [-0.39, 0.29) is 0 Å². The van der Waals surface area contributed by atoms with Crippen molar-refractivity contribution in [2.75, 3.05) is 14.2 Å². The van der Waals surface area contributed by atoms with Crippen molar-refractivity contribution in [3.8, 4) is 0 Å². The molecule has 4 nitrogen and oxygen atoms in total. The van der Waals surface area contributed by atoms with Crippen LogP contribution in [0.1, 0.15) is 6.92 Å². The Labute approximate surface area is 73.0 Å². The summed E-state index contributed by atoms with van der Waals surface area (Å²) >= 11 is 0. The molecule has 0 fully saturated rings. The number of hydrogen-bond acceptors (Lipinski definition) is 4. The number of carbonyl (C=O) groups excluding carboxylic acids is 1. The van der Waals surface area contributed by atoms with Crippen molar-refractivity contribution in [2.45, 2.75) is 12.5 Å². The Morgan fingerprint density at radius 2 is 2.00 bits per heavy atom. The fraction of sp³-hybridized carbons (Fsp3) is 0.571. The monoisotopic (exact) mass is 189 g/mol. The van der Waals surface area contributed by atoms with Gasteiger partial charge in [0.1, 0.15) is 0 Å². The van der Waals surface area contributed by atoms with Gasteiger partial charge in [0.2, 0.25) is 0 Å². The van der Waals surface area contributed by atoms with Crippen molar-refractivity contribution >= 4 is 14.5 Å². The zero-order valence-corrected chi connectivity index (χ0v) is 8.49. The molecule has 5 heteroatoms. The summed E-state index contributed by atoms with van der Waals surface area (Å²) in [5.74, 6) is -1.18. The number of carboxylic acids is 1. The predicted octanol–water partition coefficient (Wildman–Crippen LogP) is -0.413. The Morgan fingerprint density at radius 3 is 2.08 bits per heavy atom. The zero-order chi connectivity index (χ0) is 9.78. The molecule has 0 saturated carbocycles. The van der Waals surface area contributed by atoms with E-state index in [2.05, 4.69) is 6.58 Å². The minimum absolute atomic E-state index is 0.759. The number of hydrogen-bond donors (Lipinski definition) is 0. The lowest BCUT2D eigenvalue weighted by Crippen LogP contribution is -2.49. The summed E-state index contributed by atoms with van der Waals surface area (Å²) in [6.45, 7) is 5.00. The second-order valence-electron chi connectivity index (χ2n) is 2.37. The molecule has 0 radical (unpaired) electrons. The second kappa shape index (κ2) is 4.39. The highest BCUT2D eigenvalue weighted by Crippen LogP contribution is 2.22. The second-order valence-corrected chi connectivity index (χ2v) is 5.91. The van der Waals surface area contributed by atoms with Gasteiger partial charge in [-0.25, -0.2) is 0 Å². The summed E-state index contributed by atoms with van der Waals surface area (Å²) in [6, 6.07) is 0. The van der Waals surface area contributed by atoms with Gasteiger partial charge in [0.25, 0.3) is 0 Å². The molecule has 1 unspecified atom stereocenters. The Hall–Kier alpha value is -0.653. The first-order valence-electron chi connectivity index (χ1n) is 3.48. The molecule has 0 bridgehead atoms. The number of carbonyl (C=O) groups is 1. The van der Waals surface area contributed by atoms with Gasteiger partial charge in [0.05, 0.1) is 0 Å². The fourth-order valence-electron chi connectivity index (χ4n) is 0.945. The molecule has 0 aliphatic heterocycles. The van der Waals surface area contributed by atoms with Crippen LogP contribution in [0, 0.1) is 0 Å². The van der Waals surface area contributed by atoms with Crippen LogP contribution in [-0.2, 0) is 13.6 Å². The molecular weight excluding hydrogens is 176 g/mol. The van der Waals surface area contributed by atoms with Gasteiger partial charge in [-0.05, 0) is 5.70 Å². The van der Waals surface area contributed by atoms with Crippen molar-refractivity contribution in [3.05, 3.63) is 12.3 Å². The normalized spacial score (nSPS) is 13.9. The molecule has 0 amide bonds. The van der Waals surface area contributed by atoms with Crippen molar-refractivity contribution in [3.63, 3.8) is 0 Å². The molecular formula is C7H13O4Si-. The molecule has 0 aliphatic carbocycles. The van der Waals surface area contributed by atoms with Crippen LogP contribution >= 0.6 is 0 Å². The van der Waals surface area contributed by atoms with Crippen LogP contribution in [0.15, 0.2) is 12.3 Å². The van der Waals surface area contributed by atoms with Gasteiger partial charge in [0.15, 0.2) is 0 Å². The smallest absolute Gasteiger partial charge is 0.372 e. The van der Waals surface area contributed by atoms with E-state index < -0.39 is 20.1 Å². The summed E-state index contributed by atoms with van der Waals surface area (Å²) < 4.78 is 10.1. The van der Waals surface area contributed by atoms with Gasteiger partial charge in [-0.1, -0.05) is 6.92 Å². The van der Waals surface area contributed by atoms with Gasteiger partial charge in [-0.2, -0.15) is 0 Å². The lowest BCUT2D eigenvalue weighted by molar-refractivity contribution is -0.305. The standard InChI is InChI=1S/C7H14O4Si/c1-5-12(10-3,11-4)6(2)7(8)9/h5-6H,1H2,2-4H3,(H,8,9)/p-1. The van der Waals surface area contributed by atoms with Gasteiger partial charge in [0, 0.05) is 25.7 Å². The minimum Gasteiger partial charge on any atom is -0.550 e. The lowest BCUT2D eigenvalue weighted by atomic mass is 10.5. The van der Waals surface area contributed by atoms with E-state index in [4.69, 9.17) is 8.85 Å². The zero-order valence-electron chi connectivity index (χ0n) is 7.49. The molecule has 0 aromatic carbocycles. The highest BCUT2D eigenvalue weighted by atomic mass is 28.4. The van der Waals surface area contributed by atoms with Crippen LogP contribution in [0.25, 0.3) is 0 Å². The van der Waals surface area contributed by atoms with Crippen LogP contribution in [0.2, 0.25) is 5.54 Å². The Balaban J connectivity index is 4.69. The molecule has 0 heterocycles. The maximum atomic E-state index is 10.5. The molecule has 0 saturated heterocycles. The molecule has 70 valence electrons. The minimum atomic E-state index is -2.78. The largest absolute Gasteiger partial charge is 0.550 e. The topological polar surface area (TPSA) is 58.6 Å². The number of carboxylic acid groups (broad SMARTS) is 1. The highest BCUT2D eigenvalue weighted by Gasteiger charge is 2.39. The van der Waals surface area contributed by atoms with Crippen molar-refractivity contribution < 1.29 is 18.8 Å².